The number of benzene rings is 1. The predicted molar refractivity (Wildman–Crippen MR) is 94.1 cm³/mol. The first-order chi connectivity index (χ1) is 12.8. The number of carbonyl (C=O) groups is 2. The van der Waals surface area contributed by atoms with Crippen molar-refractivity contribution in [2.24, 2.45) is 16.5 Å². The number of aromatic nitrogens is 1. The van der Waals surface area contributed by atoms with Crippen LogP contribution in [0.2, 0.25) is 0 Å². The fourth-order valence-electron chi connectivity index (χ4n) is 2.11. The lowest BCUT2D eigenvalue weighted by Crippen LogP contribution is -2.27. The smallest absolute Gasteiger partial charge is 0.344 e. The van der Waals surface area contributed by atoms with Crippen LogP contribution in [0.4, 0.5) is 14.6 Å². The summed E-state index contributed by atoms with van der Waals surface area (Å²) >= 11 is 0. The van der Waals surface area contributed by atoms with Gasteiger partial charge in [-0.1, -0.05) is 12.1 Å². The van der Waals surface area contributed by atoms with Crippen LogP contribution in [-0.4, -0.2) is 29.2 Å². The standard InChI is InChI=1S/C18H16F2N4O3/c1-10(21)15(17(22)24-14-7-2-3-8-23-14)18(26)27-9-13(25)16-11(19)5-4-6-12(16)20/h2-8H,9,21H2,1H3,(H2,22,23,24). The summed E-state index contributed by atoms with van der Waals surface area (Å²) in [6.45, 7) is 0.486. The van der Waals surface area contributed by atoms with Gasteiger partial charge in [0.2, 0.25) is 5.78 Å². The van der Waals surface area contributed by atoms with E-state index in [0.717, 1.165) is 18.2 Å². The van der Waals surface area contributed by atoms with E-state index < -0.39 is 35.6 Å². The van der Waals surface area contributed by atoms with E-state index >= 15 is 0 Å². The Morgan fingerprint density at radius 1 is 1.11 bits per heavy atom. The first-order valence-corrected chi connectivity index (χ1v) is 7.67. The van der Waals surface area contributed by atoms with Crippen LogP contribution in [0.5, 0.6) is 0 Å². The van der Waals surface area contributed by atoms with Crippen LogP contribution in [0, 0.1) is 11.6 Å². The molecule has 0 aliphatic rings. The number of aliphatic imine (C=N–C) groups is 1. The molecule has 0 unspecified atom stereocenters. The van der Waals surface area contributed by atoms with Crippen LogP contribution in [0.1, 0.15) is 17.3 Å². The molecule has 2 aromatic rings. The number of allylic oxidation sites excluding steroid dienone is 1. The monoisotopic (exact) mass is 374 g/mol. The second-order valence-corrected chi connectivity index (χ2v) is 5.34. The Hall–Kier alpha value is -3.62. The van der Waals surface area contributed by atoms with Crippen LogP contribution in [0.15, 0.2) is 58.9 Å². The van der Waals surface area contributed by atoms with Gasteiger partial charge in [0.15, 0.2) is 12.4 Å². The molecule has 140 valence electrons. The minimum absolute atomic E-state index is 0.0123. The molecule has 9 heteroatoms. The summed E-state index contributed by atoms with van der Waals surface area (Å²) in [6.07, 6.45) is 1.48. The molecule has 2 rings (SSSR count). The van der Waals surface area contributed by atoms with Gasteiger partial charge in [-0.15, -0.1) is 0 Å². The number of ether oxygens (including phenoxy) is 1. The molecule has 7 nitrogen and oxygen atoms in total. The number of hydrogen-bond acceptors (Lipinski definition) is 6. The van der Waals surface area contributed by atoms with Crippen molar-refractivity contribution >= 4 is 23.4 Å². The lowest BCUT2D eigenvalue weighted by molar-refractivity contribution is -0.137. The highest BCUT2D eigenvalue weighted by molar-refractivity contribution is 6.19. The summed E-state index contributed by atoms with van der Waals surface area (Å²) < 4.78 is 32.0. The first-order valence-electron chi connectivity index (χ1n) is 7.67. The molecule has 1 aromatic heterocycles. The van der Waals surface area contributed by atoms with Crippen LogP contribution < -0.4 is 11.5 Å². The number of halogens is 2. The van der Waals surface area contributed by atoms with Gasteiger partial charge < -0.3 is 16.2 Å². The van der Waals surface area contributed by atoms with Crippen molar-refractivity contribution in [1.29, 1.82) is 0 Å². The van der Waals surface area contributed by atoms with Gasteiger partial charge >= 0.3 is 5.97 Å². The van der Waals surface area contributed by atoms with E-state index in [4.69, 9.17) is 16.2 Å². The number of carbonyl (C=O) groups excluding carboxylic acids is 2. The molecule has 27 heavy (non-hydrogen) atoms. The van der Waals surface area contributed by atoms with Gasteiger partial charge in [-0.05, 0) is 31.2 Å². The molecule has 0 bridgehead atoms. The Kier molecular flexibility index (Phi) is 6.32. The number of nitrogens with two attached hydrogens (primary N) is 2. The van der Waals surface area contributed by atoms with Crippen molar-refractivity contribution < 1.29 is 23.1 Å². The highest BCUT2D eigenvalue weighted by Crippen LogP contribution is 2.14. The molecule has 0 radical (unpaired) electrons. The number of amidine groups is 1. The Balaban J connectivity index is 2.16. The third kappa shape index (κ3) is 4.94. The van der Waals surface area contributed by atoms with Gasteiger partial charge in [0.1, 0.15) is 23.0 Å². The summed E-state index contributed by atoms with van der Waals surface area (Å²) in [7, 11) is 0. The molecule has 0 saturated carbocycles. The Morgan fingerprint density at radius 3 is 2.33 bits per heavy atom. The number of pyridine rings is 1. The number of nitrogens with zero attached hydrogens (tertiary/aromatic N) is 2. The zero-order valence-electron chi connectivity index (χ0n) is 14.3. The summed E-state index contributed by atoms with van der Waals surface area (Å²) in [6, 6.07) is 7.84. The molecule has 0 aliphatic heterocycles. The maximum atomic E-state index is 13.6. The van der Waals surface area contributed by atoms with E-state index in [1.165, 1.54) is 13.1 Å². The molecular weight excluding hydrogens is 358 g/mol. The molecule has 0 aliphatic carbocycles. The lowest BCUT2D eigenvalue weighted by atomic mass is 10.1. The maximum absolute atomic E-state index is 13.6. The summed E-state index contributed by atoms with van der Waals surface area (Å²) in [5.41, 5.74) is 10.4. The minimum atomic E-state index is -1.06. The van der Waals surface area contributed by atoms with Crippen molar-refractivity contribution in [1.82, 2.24) is 4.98 Å². The summed E-state index contributed by atoms with van der Waals surface area (Å²) in [5.74, 6) is -4.27. The topological polar surface area (TPSA) is 121 Å². The Bertz CT molecular complexity index is 903. The fraction of sp³-hybridized carbons (Fsp3) is 0.111. The molecule has 0 fully saturated rings. The first kappa shape index (κ1) is 19.7. The second kappa shape index (κ2) is 8.65. The van der Waals surface area contributed by atoms with Gasteiger partial charge in [-0.2, -0.15) is 0 Å². The Morgan fingerprint density at radius 2 is 1.78 bits per heavy atom. The van der Waals surface area contributed by atoms with Crippen LogP contribution in [0.3, 0.4) is 0 Å². The fourth-order valence-corrected chi connectivity index (χ4v) is 2.11. The number of rotatable bonds is 6. The zero-order chi connectivity index (χ0) is 20.0. The van der Waals surface area contributed by atoms with Gasteiger partial charge in [0, 0.05) is 11.9 Å². The SMILES string of the molecule is CC(N)=C(C(=O)OCC(=O)c1c(F)cccc1F)C(N)=Nc1ccccn1. The third-order valence-corrected chi connectivity index (χ3v) is 3.31. The molecule has 4 N–H and O–H groups in total. The van der Waals surface area contributed by atoms with E-state index in [9.17, 15) is 18.4 Å². The van der Waals surface area contributed by atoms with Crippen molar-refractivity contribution in [2.75, 3.05) is 6.61 Å². The molecule has 0 amide bonds. The number of Topliss-reactive ketones (excluding diaryl/α,β-unsaturated/α-hetero) is 1. The highest BCUT2D eigenvalue weighted by atomic mass is 19.1. The largest absolute Gasteiger partial charge is 0.454 e. The second-order valence-electron chi connectivity index (χ2n) is 5.34. The molecule has 0 saturated heterocycles. The van der Waals surface area contributed by atoms with E-state index in [-0.39, 0.29) is 22.9 Å². The minimum Gasteiger partial charge on any atom is -0.454 e. The van der Waals surface area contributed by atoms with E-state index in [1.807, 2.05) is 0 Å². The molecular formula is C18H16F2N4O3. The van der Waals surface area contributed by atoms with E-state index in [1.54, 1.807) is 18.2 Å². The van der Waals surface area contributed by atoms with E-state index in [0.29, 0.717) is 0 Å². The lowest BCUT2D eigenvalue weighted by Gasteiger charge is -2.10. The molecule has 0 spiro atoms. The van der Waals surface area contributed by atoms with Gasteiger partial charge in [0.05, 0.1) is 5.56 Å². The molecule has 1 heterocycles. The predicted octanol–water partition coefficient (Wildman–Crippen LogP) is 2.01. The van der Waals surface area contributed by atoms with Gasteiger partial charge in [-0.3, -0.25) is 4.79 Å². The molecule has 1 aromatic carbocycles. The summed E-state index contributed by atoms with van der Waals surface area (Å²) in [4.78, 5) is 32.1. The van der Waals surface area contributed by atoms with Crippen molar-refractivity contribution in [3.8, 4) is 0 Å². The number of ketones is 1. The molecule has 0 atom stereocenters. The van der Waals surface area contributed by atoms with E-state index in [2.05, 4.69) is 9.98 Å². The van der Waals surface area contributed by atoms with Crippen LogP contribution in [-0.2, 0) is 9.53 Å². The normalized spacial score (nSPS) is 12.3. The van der Waals surface area contributed by atoms with Crippen LogP contribution in [0.25, 0.3) is 0 Å². The van der Waals surface area contributed by atoms with Gasteiger partial charge in [-0.25, -0.2) is 23.6 Å². The number of esters is 1. The van der Waals surface area contributed by atoms with Crippen LogP contribution >= 0.6 is 0 Å². The third-order valence-electron chi connectivity index (χ3n) is 3.31. The van der Waals surface area contributed by atoms with Gasteiger partial charge in [0.25, 0.3) is 0 Å². The van der Waals surface area contributed by atoms with Crippen molar-refractivity contribution in [3.63, 3.8) is 0 Å². The quantitative estimate of drug-likeness (QED) is 0.262. The maximum Gasteiger partial charge on any atom is 0.344 e. The average Bonchev–Trinajstić information content (AvgIpc) is 2.60. The number of hydrogen-bond donors (Lipinski definition) is 2. The Labute approximate surface area is 153 Å². The highest BCUT2D eigenvalue weighted by Gasteiger charge is 2.22. The average molecular weight is 374 g/mol. The zero-order valence-corrected chi connectivity index (χ0v) is 14.3. The summed E-state index contributed by atoms with van der Waals surface area (Å²) in [5, 5.41) is 0. The van der Waals surface area contributed by atoms with Crippen molar-refractivity contribution in [3.05, 3.63) is 71.1 Å². The van der Waals surface area contributed by atoms with Crippen molar-refractivity contribution in [2.45, 2.75) is 6.92 Å².